The van der Waals surface area contributed by atoms with Crippen LogP contribution in [-0.2, 0) is 10.8 Å². The van der Waals surface area contributed by atoms with E-state index in [4.69, 9.17) is 12.2 Å². The maximum Gasteiger partial charge on any atom is 0.219 e. The molecule has 0 aliphatic carbocycles. The molecule has 1 aliphatic heterocycles. The van der Waals surface area contributed by atoms with Crippen molar-refractivity contribution in [3.63, 3.8) is 0 Å². The van der Waals surface area contributed by atoms with Crippen molar-refractivity contribution in [3.05, 3.63) is 38.9 Å². The first-order valence-electron chi connectivity index (χ1n) is 9.94. The number of nitrogens with zero attached hydrogens (tertiary/aromatic N) is 1. The predicted octanol–water partition coefficient (Wildman–Crippen LogP) is 4.52. The van der Waals surface area contributed by atoms with Crippen molar-refractivity contribution in [2.75, 3.05) is 13.1 Å². The Morgan fingerprint density at radius 3 is 1.96 bits per heavy atom. The van der Waals surface area contributed by atoms with Gasteiger partial charge in [0.1, 0.15) is 4.99 Å². The second kappa shape index (κ2) is 9.07. The summed E-state index contributed by atoms with van der Waals surface area (Å²) in [6.07, 6.45) is 3.87. The van der Waals surface area contributed by atoms with Gasteiger partial charge in [-0.25, -0.2) is 0 Å². The maximum atomic E-state index is 5.81. The van der Waals surface area contributed by atoms with Gasteiger partial charge >= 0.3 is 0 Å². The van der Waals surface area contributed by atoms with E-state index in [9.17, 15) is 0 Å². The van der Waals surface area contributed by atoms with E-state index >= 15 is 0 Å². The van der Waals surface area contributed by atoms with Crippen LogP contribution < -0.4 is 12.4 Å². The number of hydrogen-bond acceptors (Lipinski definition) is 2. The number of thiocarbonyl (C=S) groups is 1. The summed E-state index contributed by atoms with van der Waals surface area (Å²) in [5.74, 6) is 0. The number of likely N-dealkylation sites (tertiary alicyclic amines) is 1. The molecule has 0 aromatic carbocycles. The fourth-order valence-electron chi connectivity index (χ4n) is 3.24. The van der Waals surface area contributed by atoms with Crippen molar-refractivity contribution in [1.82, 2.24) is 4.90 Å². The molecule has 3 rings (SSSR count). The Balaban J connectivity index is 0.00000280. The Morgan fingerprint density at radius 2 is 1.46 bits per heavy atom. The highest BCUT2D eigenvalue weighted by atomic mass is 35.5. The van der Waals surface area contributed by atoms with Crippen molar-refractivity contribution >= 4 is 39.9 Å². The molecule has 3 heterocycles. The number of thiophene rings is 1. The van der Waals surface area contributed by atoms with Gasteiger partial charge in [-0.3, -0.25) is 0 Å². The zero-order valence-corrected chi connectivity index (χ0v) is 21.1. The van der Waals surface area contributed by atoms with Gasteiger partial charge in [0.25, 0.3) is 0 Å². The van der Waals surface area contributed by atoms with Gasteiger partial charge in [-0.1, -0.05) is 53.8 Å². The van der Waals surface area contributed by atoms with E-state index in [-0.39, 0.29) is 23.2 Å². The van der Waals surface area contributed by atoms with Gasteiger partial charge in [-0.05, 0) is 31.4 Å². The minimum atomic E-state index is 0. The highest BCUT2D eigenvalue weighted by Crippen LogP contribution is 2.39. The van der Waals surface area contributed by atoms with Crippen LogP contribution in [0.5, 0.6) is 0 Å². The Morgan fingerprint density at radius 1 is 0.929 bits per heavy atom. The zero-order chi connectivity index (χ0) is 19.8. The SMILES string of the molecule is CC(C)(C)c1cc(-c2ccc(C(=S)N3CCCCC3)s2)cc(C(C)(C)C)[s+]1.[Cl-]. The molecule has 28 heavy (non-hydrogen) atoms. The molecule has 0 saturated carbocycles. The molecule has 0 amide bonds. The first kappa shape index (κ1) is 23.7. The van der Waals surface area contributed by atoms with Gasteiger partial charge in [-0.15, -0.1) is 11.3 Å². The fraction of sp³-hybridized carbons (Fsp3) is 0.565. The van der Waals surface area contributed by atoms with Crippen molar-refractivity contribution in [3.8, 4) is 10.4 Å². The monoisotopic (exact) mass is 453 g/mol. The van der Waals surface area contributed by atoms with E-state index in [0.29, 0.717) is 0 Å². The molecule has 0 bridgehead atoms. The molecular weight excluding hydrogens is 422 g/mol. The average Bonchev–Trinajstić information content (AvgIpc) is 3.10. The second-order valence-electron chi connectivity index (χ2n) is 9.59. The molecule has 1 fully saturated rings. The Kier molecular flexibility index (Phi) is 7.69. The van der Waals surface area contributed by atoms with E-state index in [2.05, 4.69) is 70.7 Å². The van der Waals surface area contributed by atoms with Crippen molar-refractivity contribution in [2.24, 2.45) is 0 Å². The lowest BCUT2D eigenvalue weighted by molar-refractivity contribution is -0.00000618. The van der Waals surface area contributed by atoms with Gasteiger partial charge in [0.05, 0.1) is 4.88 Å². The number of hydrogen-bond donors (Lipinski definition) is 0. The lowest BCUT2D eigenvalue weighted by Crippen LogP contribution is -3.00. The van der Waals surface area contributed by atoms with Gasteiger partial charge in [0, 0.05) is 46.5 Å². The molecule has 0 N–H and O–H groups in total. The van der Waals surface area contributed by atoms with Gasteiger partial charge in [0.2, 0.25) is 21.1 Å². The number of rotatable bonds is 2. The molecule has 0 unspecified atom stereocenters. The smallest absolute Gasteiger partial charge is 0.219 e. The van der Waals surface area contributed by atoms with E-state index in [1.807, 2.05) is 22.7 Å². The van der Waals surface area contributed by atoms with E-state index in [1.165, 1.54) is 44.3 Å². The minimum absolute atomic E-state index is 0. The highest BCUT2D eigenvalue weighted by molar-refractivity contribution is 7.81. The van der Waals surface area contributed by atoms with Crippen LogP contribution >= 0.6 is 34.9 Å². The van der Waals surface area contributed by atoms with Gasteiger partial charge in [0.15, 0.2) is 0 Å². The average molecular weight is 454 g/mol. The molecule has 0 atom stereocenters. The normalized spacial score (nSPS) is 15.3. The first-order chi connectivity index (χ1) is 12.6. The predicted molar refractivity (Wildman–Crippen MR) is 127 cm³/mol. The summed E-state index contributed by atoms with van der Waals surface area (Å²) in [5.41, 5.74) is 1.65. The maximum absolute atomic E-state index is 5.81. The third kappa shape index (κ3) is 5.53. The first-order valence-corrected chi connectivity index (χ1v) is 12.0. The van der Waals surface area contributed by atoms with Gasteiger partial charge < -0.3 is 17.3 Å². The highest BCUT2D eigenvalue weighted by Gasteiger charge is 2.32. The standard InChI is InChI=1S/C23H32NS3.ClH/c1-22(2,3)19-14-16(15-20(27-19)23(4,5)6)17-10-11-18(26-17)21(25)24-12-8-7-9-13-24;/h10-11,14-15H,7-9,12-13H2,1-6H3;1H/q+1;/p-1. The largest absolute Gasteiger partial charge is 1.00 e. The lowest BCUT2D eigenvalue weighted by Gasteiger charge is -2.28. The van der Waals surface area contributed by atoms with Crippen LogP contribution in [0, 0.1) is 0 Å². The van der Waals surface area contributed by atoms with Crippen LogP contribution in [0.15, 0.2) is 24.3 Å². The van der Waals surface area contributed by atoms with Crippen LogP contribution in [0.1, 0.15) is 75.4 Å². The lowest BCUT2D eigenvalue weighted by atomic mass is 9.91. The molecule has 1 nitrogen and oxygen atoms in total. The summed E-state index contributed by atoms with van der Waals surface area (Å²) < 4.78 is 0. The summed E-state index contributed by atoms with van der Waals surface area (Å²) >= 11 is 9.61. The summed E-state index contributed by atoms with van der Waals surface area (Å²) in [6, 6.07) is 9.26. The Bertz CT molecular complexity index is 789. The summed E-state index contributed by atoms with van der Waals surface area (Å²) in [4.78, 5) is 8.88. The fourth-order valence-corrected chi connectivity index (χ4v) is 5.80. The van der Waals surface area contributed by atoms with Crippen LogP contribution in [-0.4, -0.2) is 23.0 Å². The third-order valence-electron chi connectivity index (χ3n) is 5.02. The second-order valence-corrected chi connectivity index (χ2v) is 12.1. The third-order valence-corrected chi connectivity index (χ3v) is 8.66. The number of piperidine rings is 1. The quantitative estimate of drug-likeness (QED) is 0.485. The Hall–Kier alpha value is -0.550. The molecular formula is C23H32ClNS3. The molecule has 1 saturated heterocycles. The zero-order valence-electron chi connectivity index (χ0n) is 17.9. The number of halogens is 1. The van der Waals surface area contributed by atoms with Crippen molar-refractivity contribution in [1.29, 1.82) is 0 Å². The van der Waals surface area contributed by atoms with E-state index < -0.39 is 0 Å². The summed E-state index contributed by atoms with van der Waals surface area (Å²) in [6.45, 7) is 16.1. The van der Waals surface area contributed by atoms with Crippen molar-refractivity contribution < 1.29 is 12.4 Å². The minimum Gasteiger partial charge on any atom is -1.00 e. The molecule has 0 radical (unpaired) electrons. The molecule has 2 aromatic heterocycles. The molecule has 5 heteroatoms. The van der Waals surface area contributed by atoms with Crippen LogP contribution in [0.4, 0.5) is 0 Å². The molecule has 2 aromatic rings. The topological polar surface area (TPSA) is 3.24 Å². The van der Waals surface area contributed by atoms with Crippen LogP contribution in [0.25, 0.3) is 10.4 Å². The molecule has 0 spiro atoms. The summed E-state index contributed by atoms with van der Waals surface area (Å²) in [5, 5.41) is 0. The van der Waals surface area contributed by atoms with E-state index in [0.717, 1.165) is 18.1 Å². The Labute approximate surface area is 190 Å². The molecule has 1 aliphatic rings. The molecule has 154 valence electrons. The van der Waals surface area contributed by atoms with Crippen LogP contribution in [0.3, 0.4) is 0 Å². The van der Waals surface area contributed by atoms with Crippen molar-refractivity contribution in [2.45, 2.75) is 71.6 Å². The van der Waals surface area contributed by atoms with Crippen LogP contribution in [0.2, 0.25) is 0 Å². The van der Waals surface area contributed by atoms with E-state index in [1.54, 1.807) is 0 Å². The van der Waals surface area contributed by atoms with Gasteiger partial charge in [-0.2, -0.15) is 0 Å². The summed E-state index contributed by atoms with van der Waals surface area (Å²) in [7, 11) is 0.